The summed E-state index contributed by atoms with van der Waals surface area (Å²) in [5.74, 6) is 0.300. The van der Waals surface area contributed by atoms with Gasteiger partial charge >= 0.3 is 6.18 Å². The number of rotatable bonds is 8. The van der Waals surface area contributed by atoms with Gasteiger partial charge in [-0.2, -0.15) is 18.3 Å². The molecule has 3 rings (SSSR count). The minimum absolute atomic E-state index is 0.0524. The second kappa shape index (κ2) is 10.6. The second-order valence-corrected chi connectivity index (χ2v) is 7.73. The third kappa shape index (κ3) is 6.63. The maximum atomic E-state index is 12.6. The summed E-state index contributed by atoms with van der Waals surface area (Å²) >= 11 is 0. The van der Waals surface area contributed by atoms with Crippen LogP contribution in [0.5, 0.6) is 0 Å². The molecule has 10 nitrogen and oxygen atoms in total. The predicted molar refractivity (Wildman–Crippen MR) is 114 cm³/mol. The van der Waals surface area contributed by atoms with Crippen LogP contribution in [0, 0.1) is 6.92 Å². The lowest BCUT2D eigenvalue weighted by atomic mass is 10.2. The third-order valence-corrected chi connectivity index (χ3v) is 5.22. The van der Waals surface area contributed by atoms with E-state index >= 15 is 0 Å². The fourth-order valence-electron chi connectivity index (χ4n) is 3.30. The summed E-state index contributed by atoms with van der Waals surface area (Å²) in [6.07, 6.45) is -0.950. The van der Waals surface area contributed by atoms with Gasteiger partial charge in [0.2, 0.25) is 5.91 Å². The molecule has 1 aliphatic heterocycles. The molecule has 2 aromatic heterocycles. The Bertz CT molecular complexity index is 990. The Labute approximate surface area is 188 Å². The summed E-state index contributed by atoms with van der Waals surface area (Å²) in [7, 11) is 0. The number of hydrogen-bond acceptors (Lipinski definition) is 8. The molecule has 3 heterocycles. The number of nitrogens with one attached hydrogen (secondary N) is 2. The zero-order valence-corrected chi connectivity index (χ0v) is 18.4. The Morgan fingerprint density at radius 3 is 2.58 bits per heavy atom. The molecular weight excluding hydrogens is 443 g/mol. The van der Waals surface area contributed by atoms with Crippen LogP contribution >= 0.6 is 0 Å². The lowest BCUT2D eigenvalue weighted by molar-refractivity contribution is -0.141. The summed E-state index contributed by atoms with van der Waals surface area (Å²) < 4.78 is 43.4. The van der Waals surface area contributed by atoms with Crippen LogP contribution < -0.4 is 15.8 Å². The number of carbonyl (C=O) groups is 1. The van der Waals surface area contributed by atoms with Crippen LogP contribution in [-0.2, 0) is 15.7 Å². The van der Waals surface area contributed by atoms with E-state index in [2.05, 4.69) is 25.5 Å². The molecule has 1 saturated heterocycles. The van der Waals surface area contributed by atoms with Crippen LogP contribution in [0.2, 0.25) is 0 Å². The van der Waals surface area contributed by atoms with Crippen molar-refractivity contribution in [2.45, 2.75) is 32.5 Å². The van der Waals surface area contributed by atoms with E-state index in [4.69, 9.17) is 4.74 Å². The molecule has 180 valence electrons. The van der Waals surface area contributed by atoms with Crippen LogP contribution in [-0.4, -0.2) is 76.4 Å². The van der Waals surface area contributed by atoms with Crippen LogP contribution in [0.3, 0.4) is 0 Å². The molecule has 13 heteroatoms. The Morgan fingerprint density at radius 2 is 1.94 bits per heavy atom. The average molecular weight is 469 g/mol. The second-order valence-electron chi connectivity index (χ2n) is 7.73. The number of ether oxygens (including phenoxy) is 1. The van der Waals surface area contributed by atoms with Gasteiger partial charge < -0.3 is 19.9 Å². The van der Waals surface area contributed by atoms with Crippen LogP contribution in [0.25, 0.3) is 0 Å². The fourth-order valence-corrected chi connectivity index (χ4v) is 3.30. The zero-order valence-electron chi connectivity index (χ0n) is 18.4. The number of piperazine rings is 1. The van der Waals surface area contributed by atoms with Crippen molar-refractivity contribution in [3.63, 3.8) is 0 Å². The summed E-state index contributed by atoms with van der Waals surface area (Å²) in [5.41, 5.74) is -0.132. The zero-order chi connectivity index (χ0) is 24.0. The number of anilines is 2. The SMILES string of the molecule is Cc1c(N[C@@H](C)COCCC(=O)N2CCN(c3cnc(C(F)(F)F)cn3)CC2)cn[nH]c1=O. The standard InChI is InChI=1S/C20H26F3N7O3/c1-13(27-15-9-26-28-19(32)14(15)2)12-33-8-3-18(31)30-6-4-29(5-7-30)17-11-24-16(10-25-17)20(21,22)23/h9-11,13H,3-8,12H2,1-2H3,(H2,27,28,32)/t13-/m0/s1. The first-order valence-corrected chi connectivity index (χ1v) is 10.5. The highest BCUT2D eigenvalue weighted by Gasteiger charge is 2.33. The first-order chi connectivity index (χ1) is 15.6. The Balaban J connectivity index is 1.36. The van der Waals surface area contributed by atoms with E-state index in [1.165, 1.54) is 6.20 Å². The molecule has 1 aliphatic rings. The molecule has 0 radical (unpaired) electrons. The van der Waals surface area contributed by atoms with Crippen LogP contribution in [0.1, 0.15) is 24.6 Å². The summed E-state index contributed by atoms with van der Waals surface area (Å²) in [6, 6.07) is -0.0872. The first kappa shape index (κ1) is 24.4. The van der Waals surface area contributed by atoms with E-state index in [0.29, 0.717) is 56.1 Å². The number of aromatic nitrogens is 4. The Hall–Kier alpha value is -3.22. The highest BCUT2D eigenvalue weighted by molar-refractivity contribution is 5.76. The predicted octanol–water partition coefficient (Wildman–Crippen LogP) is 1.44. The van der Waals surface area contributed by atoms with Crippen molar-refractivity contribution < 1.29 is 22.7 Å². The normalized spacial score (nSPS) is 15.4. The van der Waals surface area contributed by atoms with Gasteiger partial charge in [0.25, 0.3) is 5.56 Å². The van der Waals surface area contributed by atoms with Crippen molar-refractivity contribution in [2.75, 3.05) is 49.6 Å². The molecule has 0 spiro atoms. The van der Waals surface area contributed by atoms with Crippen molar-refractivity contribution in [2.24, 2.45) is 0 Å². The van der Waals surface area contributed by atoms with E-state index in [-0.39, 0.29) is 30.5 Å². The average Bonchev–Trinajstić information content (AvgIpc) is 2.79. The van der Waals surface area contributed by atoms with Crippen molar-refractivity contribution in [1.29, 1.82) is 0 Å². The van der Waals surface area contributed by atoms with Crippen molar-refractivity contribution in [1.82, 2.24) is 25.1 Å². The van der Waals surface area contributed by atoms with E-state index in [1.54, 1.807) is 16.7 Å². The largest absolute Gasteiger partial charge is 0.434 e. The number of nitrogens with zero attached hydrogens (tertiary/aromatic N) is 5. The number of carbonyl (C=O) groups excluding carboxylic acids is 1. The molecule has 1 amide bonds. The van der Waals surface area contributed by atoms with Crippen molar-refractivity contribution >= 4 is 17.4 Å². The van der Waals surface area contributed by atoms with E-state index in [9.17, 15) is 22.8 Å². The van der Waals surface area contributed by atoms with E-state index < -0.39 is 11.9 Å². The number of alkyl halides is 3. The lowest BCUT2D eigenvalue weighted by Crippen LogP contribution is -2.49. The van der Waals surface area contributed by atoms with Gasteiger partial charge in [0.05, 0.1) is 43.9 Å². The van der Waals surface area contributed by atoms with E-state index in [0.717, 1.165) is 6.20 Å². The van der Waals surface area contributed by atoms with Crippen molar-refractivity contribution in [3.05, 3.63) is 40.2 Å². The molecule has 0 bridgehead atoms. The van der Waals surface area contributed by atoms with E-state index in [1.807, 2.05) is 6.92 Å². The molecule has 1 atom stereocenters. The van der Waals surface area contributed by atoms with Gasteiger partial charge in [-0.15, -0.1) is 0 Å². The lowest BCUT2D eigenvalue weighted by Gasteiger charge is -2.35. The summed E-state index contributed by atoms with van der Waals surface area (Å²) in [5, 5.41) is 9.27. The smallest absolute Gasteiger partial charge is 0.379 e. The minimum Gasteiger partial charge on any atom is -0.379 e. The number of halogens is 3. The Morgan fingerprint density at radius 1 is 1.21 bits per heavy atom. The van der Waals surface area contributed by atoms with Gasteiger partial charge in [-0.3, -0.25) is 9.59 Å². The maximum absolute atomic E-state index is 12.6. The van der Waals surface area contributed by atoms with Gasteiger partial charge in [0.15, 0.2) is 5.69 Å². The molecule has 0 saturated carbocycles. The number of H-pyrrole nitrogens is 1. The van der Waals surface area contributed by atoms with Gasteiger partial charge in [-0.25, -0.2) is 15.1 Å². The quantitative estimate of drug-likeness (QED) is 0.558. The Kier molecular flexibility index (Phi) is 7.84. The minimum atomic E-state index is -4.52. The summed E-state index contributed by atoms with van der Waals surface area (Å²) in [6.45, 7) is 5.98. The molecule has 0 aromatic carbocycles. The molecule has 33 heavy (non-hydrogen) atoms. The topological polar surface area (TPSA) is 116 Å². The number of amides is 1. The first-order valence-electron chi connectivity index (χ1n) is 10.5. The highest BCUT2D eigenvalue weighted by Crippen LogP contribution is 2.27. The van der Waals surface area contributed by atoms with Crippen LogP contribution in [0.4, 0.5) is 24.7 Å². The highest BCUT2D eigenvalue weighted by atomic mass is 19.4. The number of aromatic amines is 1. The molecule has 2 N–H and O–H groups in total. The van der Waals surface area contributed by atoms with Gasteiger partial charge in [0, 0.05) is 37.8 Å². The van der Waals surface area contributed by atoms with Gasteiger partial charge in [-0.05, 0) is 13.8 Å². The molecule has 0 aliphatic carbocycles. The summed E-state index contributed by atoms with van der Waals surface area (Å²) in [4.78, 5) is 34.8. The molecule has 2 aromatic rings. The van der Waals surface area contributed by atoms with Crippen LogP contribution in [0.15, 0.2) is 23.4 Å². The fraction of sp³-hybridized carbons (Fsp3) is 0.550. The molecule has 0 unspecified atom stereocenters. The maximum Gasteiger partial charge on any atom is 0.434 e. The number of hydrogen-bond donors (Lipinski definition) is 2. The van der Waals surface area contributed by atoms with Gasteiger partial charge in [0.1, 0.15) is 5.82 Å². The molecule has 1 fully saturated rings. The van der Waals surface area contributed by atoms with Crippen molar-refractivity contribution in [3.8, 4) is 0 Å². The monoisotopic (exact) mass is 469 g/mol. The third-order valence-electron chi connectivity index (χ3n) is 5.22. The molecular formula is C20H26F3N7O3. The van der Waals surface area contributed by atoms with Gasteiger partial charge in [-0.1, -0.05) is 0 Å².